The molecular weight excluding hydrogens is 176 g/mol. The van der Waals surface area contributed by atoms with E-state index in [0.717, 1.165) is 17.1 Å². The second kappa shape index (κ2) is 5.95. The minimum Gasteiger partial charge on any atom is -0.158 e. The number of hydrogen-bond donors (Lipinski definition) is 0. The SMILES string of the molecule is CC(C)CCSC1CCCCC1C. The molecule has 0 amide bonds. The summed E-state index contributed by atoms with van der Waals surface area (Å²) < 4.78 is 0. The van der Waals surface area contributed by atoms with E-state index in [4.69, 9.17) is 0 Å². The van der Waals surface area contributed by atoms with Crippen LogP contribution in [-0.2, 0) is 0 Å². The molecule has 0 nitrogen and oxygen atoms in total. The van der Waals surface area contributed by atoms with Crippen molar-refractivity contribution in [1.29, 1.82) is 0 Å². The molecule has 1 aliphatic rings. The van der Waals surface area contributed by atoms with E-state index >= 15 is 0 Å². The zero-order valence-corrected chi connectivity index (χ0v) is 10.2. The monoisotopic (exact) mass is 200 g/mol. The normalized spacial score (nSPS) is 29.5. The van der Waals surface area contributed by atoms with Gasteiger partial charge < -0.3 is 0 Å². The number of rotatable bonds is 4. The van der Waals surface area contributed by atoms with E-state index in [-0.39, 0.29) is 0 Å². The molecule has 1 heteroatoms. The highest BCUT2D eigenvalue weighted by Gasteiger charge is 2.20. The second-order valence-electron chi connectivity index (χ2n) is 4.85. The van der Waals surface area contributed by atoms with E-state index in [2.05, 4.69) is 32.5 Å². The maximum Gasteiger partial charge on any atom is 0.00726 e. The largest absolute Gasteiger partial charge is 0.158 e. The average Bonchev–Trinajstić information content (AvgIpc) is 2.08. The van der Waals surface area contributed by atoms with Crippen LogP contribution in [0.1, 0.15) is 52.9 Å². The van der Waals surface area contributed by atoms with E-state index in [9.17, 15) is 0 Å². The molecular formula is C12H24S. The molecule has 2 atom stereocenters. The molecule has 0 radical (unpaired) electrons. The summed E-state index contributed by atoms with van der Waals surface area (Å²) in [6, 6.07) is 0. The van der Waals surface area contributed by atoms with Gasteiger partial charge in [0.15, 0.2) is 0 Å². The topological polar surface area (TPSA) is 0 Å². The van der Waals surface area contributed by atoms with Crippen LogP contribution in [-0.4, -0.2) is 11.0 Å². The van der Waals surface area contributed by atoms with Gasteiger partial charge in [0.25, 0.3) is 0 Å². The van der Waals surface area contributed by atoms with Crippen molar-refractivity contribution in [3.05, 3.63) is 0 Å². The lowest BCUT2D eigenvalue weighted by Gasteiger charge is -2.28. The Balaban J connectivity index is 2.11. The molecule has 1 fully saturated rings. The van der Waals surface area contributed by atoms with Crippen LogP contribution in [0.2, 0.25) is 0 Å². The first-order valence-electron chi connectivity index (χ1n) is 5.81. The van der Waals surface area contributed by atoms with E-state index < -0.39 is 0 Å². The Labute approximate surface area is 87.9 Å². The standard InChI is InChI=1S/C12H24S/c1-10(2)8-9-13-12-7-5-4-6-11(12)3/h10-12H,4-9H2,1-3H3. The molecule has 1 rings (SSSR count). The summed E-state index contributed by atoms with van der Waals surface area (Å²) in [4.78, 5) is 0. The van der Waals surface area contributed by atoms with Gasteiger partial charge in [0.05, 0.1) is 0 Å². The van der Waals surface area contributed by atoms with Crippen LogP contribution in [0.5, 0.6) is 0 Å². The van der Waals surface area contributed by atoms with Gasteiger partial charge in [-0.25, -0.2) is 0 Å². The fourth-order valence-corrected chi connectivity index (χ4v) is 3.69. The van der Waals surface area contributed by atoms with Crippen molar-refractivity contribution in [3.8, 4) is 0 Å². The minimum absolute atomic E-state index is 0.881. The third-order valence-electron chi connectivity index (χ3n) is 3.06. The van der Waals surface area contributed by atoms with Crippen molar-refractivity contribution in [2.75, 3.05) is 5.75 Å². The van der Waals surface area contributed by atoms with Crippen LogP contribution in [0.15, 0.2) is 0 Å². The molecule has 0 aromatic heterocycles. The quantitative estimate of drug-likeness (QED) is 0.650. The molecule has 78 valence electrons. The molecule has 2 unspecified atom stereocenters. The van der Waals surface area contributed by atoms with Crippen molar-refractivity contribution in [3.63, 3.8) is 0 Å². The van der Waals surface area contributed by atoms with E-state index in [0.29, 0.717) is 0 Å². The van der Waals surface area contributed by atoms with Gasteiger partial charge in [-0.05, 0) is 36.9 Å². The fourth-order valence-electron chi connectivity index (χ4n) is 1.98. The molecule has 0 aromatic rings. The van der Waals surface area contributed by atoms with Crippen molar-refractivity contribution < 1.29 is 0 Å². The Morgan fingerprint density at radius 1 is 1.23 bits per heavy atom. The Morgan fingerprint density at radius 3 is 2.54 bits per heavy atom. The lowest BCUT2D eigenvalue weighted by Crippen LogP contribution is -2.19. The van der Waals surface area contributed by atoms with Gasteiger partial charge in [0.1, 0.15) is 0 Å². The fraction of sp³-hybridized carbons (Fsp3) is 1.00. The maximum absolute atomic E-state index is 2.44. The Hall–Kier alpha value is 0.350. The first kappa shape index (κ1) is 11.4. The van der Waals surface area contributed by atoms with Crippen LogP contribution in [0.4, 0.5) is 0 Å². The van der Waals surface area contributed by atoms with Crippen LogP contribution in [0, 0.1) is 11.8 Å². The second-order valence-corrected chi connectivity index (χ2v) is 6.20. The van der Waals surface area contributed by atoms with Crippen LogP contribution in [0.25, 0.3) is 0 Å². The van der Waals surface area contributed by atoms with E-state index in [1.807, 2.05) is 0 Å². The molecule has 0 aliphatic heterocycles. The summed E-state index contributed by atoms with van der Waals surface area (Å²) in [5, 5.41) is 0.979. The summed E-state index contributed by atoms with van der Waals surface area (Å²) in [6.45, 7) is 7.09. The molecule has 1 aliphatic carbocycles. The zero-order chi connectivity index (χ0) is 9.68. The van der Waals surface area contributed by atoms with Gasteiger partial charge in [0, 0.05) is 5.25 Å². The molecule has 0 N–H and O–H groups in total. The van der Waals surface area contributed by atoms with Crippen molar-refractivity contribution in [2.45, 2.75) is 58.1 Å². The van der Waals surface area contributed by atoms with Gasteiger partial charge in [0.2, 0.25) is 0 Å². The van der Waals surface area contributed by atoms with Crippen LogP contribution in [0.3, 0.4) is 0 Å². The average molecular weight is 200 g/mol. The number of hydrogen-bond acceptors (Lipinski definition) is 1. The highest BCUT2D eigenvalue weighted by Crippen LogP contribution is 2.33. The summed E-state index contributed by atoms with van der Waals surface area (Å²) in [5.74, 6) is 3.24. The Kier molecular flexibility index (Phi) is 5.23. The van der Waals surface area contributed by atoms with Crippen molar-refractivity contribution in [1.82, 2.24) is 0 Å². The van der Waals surface area contributed by atoms with Crippen molar-refractivity contribution in [2.24, 2.45) is 11.8 Å². The molecule has 0 aromatic carbocycles. The molecule has 1 saturated carbocycles. The van der Waals surface area contributed by atoms with Gasteiger partial charge in [-0.2, -0.15) is 11.8 Å². The molecule has 13 heavy (non-hydrogen) atoms. The van der Waals surface area contributed by atoms with Gasteiger partial charge >= 0.3 is 0 Å². The highest BCUT2D eigenvalue weighted by molar-refractivity contribution is 7.99. The molecule has 0 bridgehead atoms. The molecule has 0 spiro atoms. The van der Waals surface area contributed by atoms with Gasteiger partial charge in [-0.1, -0.05) is 33.6 Å². The predicted molar refractivity (Wildman–Crippen MR) is 63.3 cm³/mol. The van der Waals surface area contributed by atoms with Crippen LogP contribution >= 0.6 is 11.8 Å². The first-order chi connectivity index (χ1) is 6.20. The minimum atomic E-state index is 0.881. The highest BCUT2D eigenvalue weighted by atomic mass is 32.2. The summed E-state index contributed by atoms with van der Waals surface area (Å²) in [7, 11) is 0. The van der Waals surface area contributed by atoms with Gasteiger partial charge in [-0.15, -0.1) is 0 Å². The lowest BCUT2D eigenvalue weighted by molar-refractivity contribution is 0.397. The third kappa shape index (κ3) is 4.39. The zero-order valence-electron chi connectivity index (χ0n) is 9.38. The molecule has 0 heterocycles. The van der Waals surface area contributed by atoms with Gasteiger partial charge in [-0.3, -0.25) is 0 Å². The van der Waals surface area contributed by atoms with E-state index in [1.165, 1.54) is 37.9 Å². The predicted octanol–water partition coefficient (Wildman–Crippen LogP) is 4.34. The van der Waals surface area contributed by atoms with Crippen LogP contribution < -0.4 is 0 Å². The first-order valence-corrected chi connectivity index (χ1v) is 6.86. The Morgan fingerprint density at radius 2 is 1.92 bits per heavy atom. The van der Waals surface area contributed by atoms with Crippen molar-refractivity contribution >= 4 is 11.8 Å². The maximum atomic E-state index is 2.44. The molecule has 0 saturated heterocycles. The summed E-state index contributed by atoms with van der Waals surface area (Å²) >= 11 is 2.23. The number of thioether (sulfide) groups is 1. The lowest BCUT2D eigenvalue weighted by atomic mass is 9.90. The summed E-state index contributed by atoms with van der Waals surface area (Å²) in [5.41, 5.74) is 0. The third-order valence-corrected chi connectivity index (χ3v) is 4.66. The van der Waals surface area contributed by atoms with E-state index in [1.54, 1.807) is 0 Å². The smallest absolute Gasteiger partial charge is 0.00726 e. The Bertz CT molecular complexity index is 131. The summed E-state index contributed by atoms with van der Waals surface area (Å²) in [6.07, 6.45) is 7.29.